The van der Waals surface area contributed by atoms with Crippen molar-refractivity contribution in [3.63, 3.8) is 0 Å². The van der Waals surface area contributed by atoms with Gasteiger partial charge in [0.05, 0.1) is 45.0 Å². The van der Waals surface area contributed by atoms with Crippen molar-refractivity contribution < 1.29 is 14.3 Å². The molecule has 0 N–H and O–H groups in total. The smallest absolute Gasteiger partial charge is 0.236 e. The van der Waals surface area contributed by atoms with E-state index in [0.29, 0.717) is 18.9 Å². The molecule has 0 radical (unpaired) electrons. The Balaban J connectivity index is 1.54. The standard InChI is InChI=1S/C34H31N3O3/c1-39-28-19-18-27(31(21-28)40-2)23-36-33(26-16-10-5-11-17-26)30(20-24-12-6-3-7-13-24)37-32(38)22-29(35-34(36)37)25-14-8-4-9-15-25/h3-21,29,33H,22-23H2,1-2H3/b30-20-. The number of carbonyl (C=O) groups excluding carboxylic acids is 1. The van der Waals surface area contributed by atoms with Crippen LogP contribution in [-0.2, 0) is 11.3 Å². The summed E-state index contributed by atoms with van der Waals surface area (Å²) in [4.78, 5) is 23.3. The van der Waals surface area contributed by atoms with Crippen LogP contribution in [0.1, 0.15) is 40.8 Å². The predicted molar refractivity (Wildman–Crippen MR) is 157 cm³/mol. The van der Waals surface area contributed by atoms with E-state index in [1.165, 1.54) is 0 Å². The van der Waals surface area contributed by atoms with Crippen molar-refractivity contribution in [1.29, 1.82) is 0 Å². The zero-order valence-corrected chi connectivity index (χ0v) is 22.6. The number of aliphatic imine (C=N–C) groups is 1. The van der Waals surface area contributed by atoms with Crippen molar-refractivity contribution in [3.8, 4) is 11.5 Å². The quantitative estimate of drug-likeness (QED) is 0.270. The number of nitrogens with zero attached hydrogens (tertiary/aromatic N) is 3. The normalized spacial score (nSPS) is 19.4. The number of benzene rings is 4. The summed E-state index contributed by atoms with van der Waals surface area (Å²) in [5.41, 5.74) is 5.00. The van der Waals surface area contributed by atoms with Gasteiger partial charge in [-0.1, -0.05) is 91.0 Å². The van der Waals surface area contributed by atoms with Crippen molar-refractivity contribution in [2.45, 2.75) is 25.0 Å². The molecule has 200 valence electrons. The molecule has 2 heterocycles. The SMILES string of the molecule is COc1ccc(CN2C3=NC(c4ccccc4)CC(=O)N3/C(=C\c3ccccc3)C2c2ccccc2)c(OC)c1. The topological polar surface area (TPSA) is 54.4 Å². The molecular weight excluding hydrogens is 498 g/mol. The Morgan fingerprint density at radius 1 is 0.825 bits per heavy atom. The van der Waals surface area contributed by atoms with Crippen LogP contribution in [-0.4, -0.2) is 35.9 Å². The second-order valence-electron chi connectivity index (χ2n) is 9.89. The zero-order chi connectivity index (χ0) is 27.5. The summed E-state index contributed by atoms with van der Waals surface area (Å²) in [6, 6.07) is 35.9. The highest BCUT2D eigenvalue weighted by Gasteiger charge is 2.47. The van der Waals surface area contributed by atoms with Crippen molar-refractivity contribution in [2.75, 3.05) is 14.2 Å². The monoisotopic (exact) mass is 529 g/mol. The summed E-state index contributed by atoms with van der Waals surface area (Å²) in [5, 5.41) is 0. The molecule has 6 nitrogen and oxygen atoms in total. The summed E-state index contributed by atoms with van der Waals surface area (Å²) >= 11 is 0. The number of ether oxygens (including phenoxy) is 2. The largest absolute Gasteiger partial charge is 0.497 e. The van der Waals surface area contributed by atoms with Crippen molar-refractivity contribution in [2.24, 2.45) is 4.99 Å². The highest BCUT2D eigenvalue weighted by Crippen LogP contribution is 2.45. The molecule has 4 aromatic carbocycles. The molecule has 0 saturated carbocycles. The number of rotatable bonds is 7. The number of hydrogen-bond donors (Lipinski definition) is 0. The maximum absolute atomic E-state index is 14.0. The number of methoxy groups -OCH3 is 2. The number of fused-ring (bicyclic) bond motifs is 1. The first-order chi connectivity index (χ1) is 19.7. The molecule has 40 heavy (non-hydrogen) atoms. The van der Waals surface area contributed by atoms with Crippen LogP contribution < -0.4 is 9.47 Å². The van der Waals surface area contributed by atoms with Gasteiger partial charge in [0.25, 0.3) is 0 Å². The van der Waals surface area contributed by atoms with Crippen LogP contribution >= 0.6 is 0 Å². The van der Waals surface area contributed by atoms with Gasteiger partial charge < -0.3 is 14.4 Å². The van der Waals surface area contributed by atoms with Crippen LogP contribution in [0.25, 0.3) is 6.08 Å². The first kappa shape index (κ1) is 25.4. The molecule has 0 aliphatic carbocycles. The van der Waals surface area contributed by atoms with Gasteiger partial charge in [0.2, 0.25) is 11.9 Å². The van der Waals surface area contributed by atoms with E-state index in [0.717, 1.165) is 39.4 Å². The number of amides is 1. The van der Waals surface area contributed by atoms with E-state index in [9.17, 15) is 4.79 Å². The molecule has 2 atom stereocenters. The molecule has 6 heteroatoms. The number of carbonyl (C=O) groups is 1. The summed E-state index contributed by atoms with van der Waals surface area (Å²) < 4.78 is 11.2. The van der Waals surface area contributed by atoms with Gasteiger partial charge in [0.1, 0.15) is 11.5 Å². The molecule has 0 bridgehead atoms. The molecule has 1 fully saturated rings. The lowest BCUT2D eigenvalue weighted by atomic mass is 9.99. The predicted octanol–water partition coefficient (Wildman–Crippen LogP) is 6.63. The van der Waals surface area contributed by atoms with E-state index >= 15 is 0 Å². The van der Waals surface area contributed by atoms with E-state index < -0.39 is 0 Å². The maximum Gasteiger partial charge on any atom is 0.236 e. The first-order valence-electron chi connectivity index (χ1n) is 13.4. The summed E-state index contributed by atoms with van der Waals surface area (Å²) in [6.07, 6.45) is 2.42. The van der Waals surface area contributed by atoms with Crippen LogP contribution in [0, 0.1) is 0 Å². The fraction of sp³-hybridized carbons (Fsp3) is 0.176. The van der Waals surface area contributed by atoms with E-state index in [1.54, 1.807) is 14.2 Å². The Hall–Kier alpha value is -4.84. The maximum atomic E-state index is 14.0. The fourth-order valence-corrected chi connectivity index (χ4v) is 5.52. The van der Waals surface area contributed by atoms with E-state index in [2.05, 4.69) is 35.2 Å². The molecule has 0 aromatic heterocycles. The molecule has 4 aromatic rings. The van der Waals surface area contributed by atoms with Crippen molar-refractivity contribution in [1.82, 2.24) is 9.80 Å². The van der Waals surface area contributed by atoms with Gasteiger partial charge in [0.15, 0.2) is 0 Å². The highest BCUT2D eigenvalue weighted by molar-refractivity contribution is 6.04. The number of hydrogen-bond acceptors (Lipinski definition) is 5. The number of guanidine groups is 1. The molecule has 1 saturated heterocycles. The second kappa shape index (κ2) is 11.1. The minimum Gasteiger partial charge on any atom is -0.497 e. The van der Waals surface area contributed by atoms with Crippen LogP contribution in [0.2, 0.25) is 0 Å². The molecule has 0 spiro atoms. The molecule has 2 aliphatic heterocycles. The zero-order valence-electron chi connectivity index (χ0n) is 22.6. The van der Waals surface area contributed by atoms with Gasteiger partial charge in [-0.3, -0.25) is 9.69 Å². The third-order valence-corrected chi connectivity index (χ3v) is 7.44. The summed E-state index contributed by atoms with van der Waals surface area (Å²) in [7, 11) is 3.31. The van der Waals surface area contributed by atoms with Crippen molar-refractivity contribution >= 4 is 17.9 Å². The average molecular weight is 530 g/mol. The lowest BCUT2D eigenvalue weighted by Crippen LogP contribution is -2.41. The minimum atomic E-state index is -0.257. The summed E-state index contributed by atoms with van der Waals surface area (Å²) in [5.74, 6) is 2.13. The Morgan fingerprint density at radius 2 is 1.48 bits per heavy atom. The van der Waals surface area contributed by atoms with E-state index in [4.69, 9.17) is 14.5 Å². The third-order valence-electron chi connectivity index (χ3n) is 7.44. The lowest BCUT2D eigenvalue weighted by Gasteiger charge is -2.30. The Kier molecular flexibility index (Phi) is 7.06. The Morgan fingerprint density at radius 3 is 2.12 bits per heavy atom. The van der Waals surface area contributed by atoms with Crippen LogP contribution in [0.15, 0.2) is 120 Å². The molecular formula is C34H31N3O3. The lowest BCUT2D eigenvalue weighted by molar-refractivity contribution is -0.126. The first-order valence-corrected chi connectivity index (χ1v) is 13.4. The van der Waals surface area contributed by atoms with Gasteiger partial charge in [-0.2, -0.15) is 0 Å². The van der Waals surface area contributed by atoms with Gasteiger partial charge in [0, 0.05) is 11.6 Å². The van der Waals surface area contributed by atoms with Crippen LogP contribution in [0.4, 0.5) is 0 Å². The van der Waals surface area contributed by atoms with Gasteiger partial charge in [-0.05, 0) is 34.9 Å². The summed E-state index contributed by atoms with van der Waals surface area (Å²) in [6.45, 7) is 0.489. The molecule has 6 rings (SSSR count). The molecule has 2 aliphatic rings. The molecule has 1 amide bonds. The van der Waals surface area contributed by atoms with E-state index in [-0.39, 0.29) is 18.0 Å². The van der Waals surface area contributed by atoms with Gasteiger partial charge in [-0.15, -0.1) is 0 Å². The van der Waals surface area contributed by atoms with Gasteiger partial charge in [-0.25, -0.2) is 4.99 Å². The third kappa shape index (κ3) is 4.84. The minimum absolute atomic E-state index is 0.0335. The fourth-order valence-electron chi connectivity index (χ4n) is 5.52. The highest BCUT2D eigenvalue weighted by atomic mass is 16.5. The molecule has 2 unspecified atom stereocenters. The van der Waals surface area contributed by atoms with E-state index in [1.807, 2.05) is 89.8 Å². The second-order valence-corrected chi connectivity index (χ2v) is 9.89. The van der Waals surface area contributed by atoms with Crippen LogP contribution in [0.5, 0.6) is 11.5 Å². The van der Waals surface area contributed by atoms with Crippen LogP contribution in [0.3, 0.4) is 0 Å². The Labute approximate surface area is 234 Å². The van der Waals surface area contributed by atoms with Crippen molar-refractivity contribution in [3.05, 3.63) is 137 Å². The van der Waals surface area contributed by atoms with Gasteiger partial charge >= 0.3 is 0 Å². The average Bonchev–Trinajstić information content (AvgIpc) is 3.31. The Bertz CT molecular complexity index is 1550.